The summed E-state index contributed by atoms with van der Waals surface area (Å²) in [6.07, 6.45) is 8.41. The summed E-state index contributed by atoms with van der Waals surface area (Å²) in [7, 11) is 3.14. The fourth-order valence-electron chi connectivity index (χ4n) is 11.3. The van der Waals surface area contributed by atoms with E-state index in [1.165, 1.54) is 7.11 Å². The molecule has 0 saturated carbocycles. The van der Waals surface area contributed by atoms with Crippen molar-refractivity contribution < 1.29 is 67.5 Å². The minimum Gasteiger partial charge on any atom is -0.462 e. The zero-order valence-corrected chi connectivity index (χ0v) is 40.5. The van der Waals surface area contributed by atoms with Crippen molar-refractivity contribution in [2.75, 3.05) is 20.8 Å². The van der Waals surface area contributed by atoms with E-state index in [-0.39, 0.29) is 56.1 Å². The number of allylic oxidation sites excluding steroid dienone is 2. The number of rotatable bonds is 9. The van der Waals surface area contributed by atoms with E-state index in [4.69, 9.17) is 47.4 Å². The first-order chi connectivity index (χ1) is 31.4. The lowest BCUT2D eigenvalue weighted by Crippen LogP contribution is -2.58. The molecule has 0 radical (unpaired) electrons. The Morgan fingerprint density at radius 2 is 1.70 bits per heavy atom. The summed E-state index contributed by atoms with van der Waals surface area (Å²) in [6, 6.07) is 2.09. The summed E-state index contributed by atoms with van der Waals surface area (Å²) in [5.41, 5.74) is -1.31. The number of fused-ring (bicyclic) bond motifs is 2. The van der Waals surface area contributed by atoms with Crippen LogP contribution in [0, 0.1) is 35.0 Å². The molecule has 0 aromatic heterocycles. The topological polar surface area (TPSA) is 194 Å². The van der Waals surface area contributed by atoms with Gasteiger partial charge in [-0.1, -0.05) is 70.6 Å². The number of nitrogens with zero attached hydrogens (tertiary/aromatic N) is 1. The highest BCUT2D eigenvalue weighted by Gasteiger charge is 2.60. The molecular weight excluding hydrogens is 851 g/mol. The number of hydrogen-bond donors (Lipinski definition) is 3. The first-order valence-corrected chi connectivity index (χ1v) is 24.1. The lowest BCUT2D eigenvalue weighted by molar-refractivity contribution is -0.301. The van der Waals surface area contributed by atoms with E-state index in [0.29, 0.717) is 30.4 Å². The minimum atomic E-state index is -1.85. The Morgan fingerprint density at radius 3 is 2.41 bits per heavy atom. The molecule has 1 aliphatic carbocycles. The van der Waals surface area contributed by atoms with Crippen LogP contribution in [0.5, 0.6) is 0 Å². The molecule has 2 unspecified atom stereocenters. The number of esters is 1. The number of aliphatic hydroxyl groups is 3. The average molecular weight is 926 g/mol. The molecule has 20 atom stereocenters. The molecule has 0 aromatic carbocycles. The van der Waals surface area contributed by atoms with E-state index in [0.717, 1.165) is 12.0 Å². The zero-order valence-electron chi connectivity index (χ0n) is 40.5. The van der Waals surface area contributed by atoms with Crippen molar-refractivity contribution in [2.45, 2.75) is 203 Å². The van der Waals surface area contributed by atoms with Gasteiger partial charge >= 0.3 is 5.97 Å². The average Bonchev–Trinajstić information content (AvgIpc) is 3.55. The second-order valence-corrected chi connectivity index (χ2v) is 20.2. The van der Waals surface area contributed by atoms with Crippen molar-refractivity contribution in [2.24, 2.45) is 23.7 Å². The van der Waals surface area contributed by atoms with E-state index in [9.17, 15) is 25.4 Å². The number of hydrogen-bond acceptors (Lipinski definition) is 15. The standard InChI is InChI=1S/C51H75NO14/c1-11-28(2)45-31(5)17-18-50(66-45)26-37-22-36(65-50)16-15-30(4)44(29(3)13-12-14-35-27-59-47-43(53)32(6)21-38(48(54)62-37)51(35,47)56)63-41-23-39(57-9)46(34(8)61-41)64-42-24-40(58-10)49(55,19-20-52)25-33(7)60-42/h12-15,17-18,21,28-29,31,33-34,36-47,53,55-56H,11,16,19,22-27H2,1-10H3/b13-12+,30-15+,35-14+/t28?,29-,31-,33-,34-,36+,37-,38-,39-,40-,41-,42-,43+,44-,45+,46-,47+,49?,50+,51+/m0/s1. The molecule has 1 spiro atoms. The van der Waals surface area contributed by atoms with Crippen LogP contribution in [0.1, 0.15) is 107 Å². The van der Waals surface area contributed by atoms with Crippen LogP contribution in [0.4, 0.5) is 0 Å². The van der Waals surface area contributed by atoms with Gasteiger partial charge in [0.1, 0.15) is 41.5 Å². The Balaban J connectivity index is 1.17. The first kappa shape index (κ1) is 51.0. The molecule has 6 aliphatic heterocycles. The fourth-order valence-corrected chi connectivity index (χ4v) is 11.3. The van der Waals surface area contributed by atoms with Gasteiger partial charge in [-0.2, -0.15) is 5.26 Å². The van der Waals surface area contributed by atoms with Crippen molar-refractivity contribution in [3.05, 3.63) is 59.3 Å². The lowest BCUT2D eigenvalue weighted by atomic mass is 9.71. The summed E-state index contributed by atoms with van der Waals surface area (Å²) in [4.78, 5) is 14.4. The molecular formula is C51H75NO14. The van der Waals surface area contributed by atoms with Crippen molar-refractivity contribution in [3.63, 3.8) is 0 Å². The van der Waals surface area contributed by atoms with Crippen LogP contribution in [0.3, 0.4) is 0 Å². The highest BCUT2D eigenvalue weighted by Crippen LogP contribution is 2.47. The molecule has 368 valence electrons. The summed E-state index contributed by atoms with van der Waals surface area (Å²) in [6.45, 7) is 16.1. The second-order valence-electron chi connectivity index (χ2n) is 20.2. The number of aliphatic hydroxyl groups excluding tert-OH is 1. The Labute approximate surface area is 391 Å². The van der Waals surface area contributed by atoms with Gasteiger partial charge < -0.3 is 62.7 Å². The fraction of sp³-hybridized carbons (Fsp3) is 0.765. The molecule has 15 nitrogen and oxygen atoms in total. The van der Waals surface area contributed by atoms with Gasteiger partial charge in [-0.05, 0) is 62.8 Å². The van der Waals surface area contributed by atoms with Crippen LogP contribution in [0.25, 0.3) is 0 Å². The van der Waals surface area contributed by atoms with Gasteiger partial charge in [0, 0.05) is 58.2 Å². The maximum atomic E-state index is 14.4. The minimum absolute atomic E-state index is 0.0180. The molecule has 7 aliphatic rings. The van der Waals surface area contributed by atoms with Crippen LogP contribution in [0.15, 0.2) is 59.3 Å². The predicted molar refractivity (Wildman–Crippen MR) is 241 cm³/mol. The van der Waals surface area contributed by atoms with Crippen molar-refractivity contribution in [1.29, 1.82) is 5.26 Å². The van der Waals surface area contributed by atoms with E-state index in [1.54, 1.807) is 26.2 Å². The van der Waals surface area contributed by atoms with Gasteiger partial charge in [0.2, 0.25) is 0 Å². The van der Waals surface area contributed by atoms with Gasteiger partial charge in [0.05, 0.1) is 61.8 Å². The van der Waals surface area contributed by atoms with Crippen LogP contribution >= 0.6 is 0 Å². The van der Waals surface area contributed by atoms with E-state index >= 15 is 0 Å². The number of carbonyl (C=O) groups is 1. The molecule has 4 saturated heterocycles. The monoisotopic (exact) mass is 926 g/mol. The predicted octanol–water partition coefficient (Wildman–Crippen LogP) is 6.05. The number of carbonyl (C=O) groups excluding carboxylic acids is 1. The Hall–Kier alpha value is -2.82. The Bertz CT molecular complexity index is 1910. The van der Waals surface area contributed by atoms with Crippen LogP contribution < -0.4 is 0 Å². The van der Waals surface area contributed by atoms with E-state index in [2.05, 4.69) is 45.9 Å². The number of ether oxygens (including phenoxy) is 10. The molecule has 7 rings (SSSR count). The lowest BCUT2D eigenvalue weighted by Gasteiger charge is -2.48. The third-order valence-corrected chi connectivity index (χ3v) is 15.2. The van der Waals surface area contributed by atoms with Gasteiger partial charge in [-0.3, -0.25) is 4.79 Å². The molecule has 4 fully saturated rings. The largest absolute Gasteiger partial charge is 0.462 e. The van der Waals surface area contributed by atoms with E-state index < -0.39 is 102 Å². The number of nitriles is 1. The highest BCUT2D eigenvalue weighted by molar-refractivity contribution is 5.78. The maximum Gasteiger partial charge on any atom is 0.316 e. The van der Waals surface area contributed by atoms with Crippen molar-refractivity contribution >= 4 is 5.97 Å². The molecule has 15 heteroatoms. The van der Waals surface area contributed by atoms with Crippen molar-refractivity contribution in [3.8, 4) is 6.07 Å². The van der Waals surface area contributed by atoms with Gasteiger partial charge in [0.15, 0.2) is 18.4 Å². The SMILES string of the molecule is CCC(C)[C@H]1O[C@]2(C=C[C@@H]1C)C[C@@H]1C[C@@H](C/C=C(\C)[C@@H](O[C@H]3C[C@H](OC)[C@@H](O[C@H]4C[C@H](OC)C(O)(CC#N)C[C@H](C)O4)[C@H](C)O3)[C@@H](C)/C=C/C=C3\CO[C@@H]4[C@H](O)C(C)=C[C@@H](C(=O)O1)[C@]34O)O2. The normalized spacial score (nSPS) is 48.1. The van der Waals surface area contributed by atoms with Crippen LogP contribution in [-0.2, 0) is 52.2 Å². The summed E-state index contributed by atoms with van der Waals surface area (Å²) >= 11 is 0. The molecule has 0 amide bonds. The second kappa shape index (κ2) is 21.0. The quantitative estimate of drug-likeness (QED) is 0.179. The summed E-state index contributed by atoms with van der Waals surface area (Å²) in [5, 5.41) is 44.6. The molecule has 2 bridgehead atoms. The molecule has 0 aromatic rings. The van der Waals surface area contributed by atoms with Crippen LogP contribution in [-0.4, -0.2) is 139 Å². The Morgan fingerprint density at radius 1 is 0.939 bits per heavy atom. The maximum absolute atomic E-state index is 14.4. The molecule has 66 heavy (non-hydrogen) atoms. The Kier molecular flexibility index (Phi) is 16.3. The smallest absolute Gasteiger partial charge is 0.316 e. The molecule has 6 heterocycles. The van der Waals surface area contributed by atoms with E-state index in [1.807, 2.05) is 39.0 Å². The first-order valence-electron chi connectivity index (χ1n) is 24.1. The van der Waals surface area contributed by atoms with Crippen molar-refractivity contribution in [1.82, 2.24) is 0 Å². The van der Waals surface area contributed by atoms with Gasteiger partial charge in [-0.25, -0.2) is 0 Å². The molecule has 3 N–H and O–H groups in total. The highest BCUT2D eigenvalue weighted by atomic mass is 16.7. The zero-order chi connectivity index (χ0) is 47.7. The number of methoxy groups -OCH3 is 2. The third kappa shape index (κ3) is 10.5. The summed E-state index contributed by atoms with van der Waals surface area (Å²) < 4.78 is 64.3. The summed E-state index contributed by atoms with van der Waals surface area (Å²) in [5.74, 6) is -2.66. The van der Waals surface area contributed by atoms with Crippen LogP contribution in [0.2, 0.25) is 0 Å². The van der Waals surface area contributed by atoms with Gasteiger partial charge in [0.25, 0.3) is 0 Å². The van der Waals surface area contributed by atoms with Gasteiger partial charge in [-0.15, -0.1) is 0 Å². The third-order valence-electron chi connectivity index (χ3n) is 15.2.